The van der Waals surface area contributed by atoms with Crippen molar-refractivity contribution in [2.45, 2.75) is 51.6 Å². The molecule has 1 atom stereocenters. The number of hydrogen-bond acceptors (Lipinski definition) is 5. The Morgan fingerprint density at radius 1 is 0.943 bits per heavy atom. The molecule has 3 aliphatic rings. The molecule has 5 heteroatoms. The average molecular weight is 469 g/mol. The third-order valence-corrected chi connectivity index (χ3v) is 7.61. The number of benzene rings is 3. The van der Waals surface area contributed by atoms with Gasteiger partial charge in [-0.2, -0.15) is 0 Å². The molecule has 6 rings (SSSR count). The van der Waals surface area contributed by atoms with Crippen molar-refractivity contribution in [3.8, 4) is 11.5 Å². The Morgan fingerprint density at radius 3 is 2.57 bits per heavy atom. The molecule has 35 heavy (non-hydrogen) atoms. The molecule has 0 aliphatic carbocycles. The first kappa shape index (κ1) is 22.0. The lowest BCUT2D eigenvalue weighted by Gasteiger charge is -2.37. The second-order valence-electron chi connectivity index (χ2n) is 9.89. The van der Waals surface area contributed by atoms with Crippen LogP contribution in [-0.2, 0) is 10.3 Å². The number of carbonyl (C=O) groups excluding carboxylic acids is 1. The number of fused-ring (bicyclic) bond motifs is 6. The van der Waals surface area contributed by atoms with Crippen LogP contribution in [0.25, 0.3) is 0 Å². The average Bonchev–Trinajstić information content (AvgIpc) is 3.50. The highest BCUT2D eigenvalue weighted by Gasteiger charge is 2.53. The third kappa shape index (κ3) is 3.48. The van der Waals surface area contributed by atoms with E-state index in [1.165, 1.54) is 25.7 Å². The van der Waals surface area contributed by atoms with Crippen LogP contribution in [0, 0.1) is 6.92 Å². The fraction of sp³-hybridized carbons (Fsp3) is 0.367. The van der Waals surface area contributed by atoms with E-state index in [0.29, 0.717) is 5.56 Å². The fourth-order valence-electron chi connectivity index (χ4n) is 5.77. The minimum atomic E-state index is -1.02. The SMILES string of the molecule is CCCCCNc1cc2c(cc1C)Oc1cc(N3CCCC3)ccc1C21OC(=O)c2ccccc21. The van der Waals surface area contributed by atoms with E-state index in [1.54, 1.807) is 0 Å². The number of ether oxygens (including phenoxy) is 2. The van der Waals surface area contributed by atoms with Gasteiger partial charge in [-0.05, 0) is 62.1 Å². The van der Waals surface area contributed by atoms with Crippen molar-refractivity contribution < 1.29 is 14.3 Å². The summed E-state index contributed by atoms with van der Waals surface area (Å²) in [6.07, 6.45) is 5.92. The first-order chi connectivity index (χ1) is 17.1. The summed E-state index contributed by atoms with van der Waals surface area (Å²) in [5.41, 5.74) is 5.57. The third-order valence-electron chi connectivity index (χ3n) is 7.61. The molecule has 1 unspecified atom stereocenters. The van der Waals surface area contributed by atoms with Gasteiger partial charge < -0.3 is 19.7 Å². The zero-order valence-electron chi connectivity index (χ0n) is 20.5. The molecule has 1 fully saturated rings. The summed E-state index contributed by atoms with van der Waals surface area (Å²) in [5.74, 6) is 1.22. The first-order valence-corrected chi connectivity index (χ1v) is 12.9. The van der Waals surface area contributed by atoms with Crippen LogP contribution in [0.3, 0.4) is 0 Å². The van der Waals surface area contributed by atoms with Gasteiger partial charge in [-0.3, -0.25) is 0 Å². The maximum absolute atomic E-state index is 13.1. The van der Waals surface area contributed by atoms with Gasteiger partial charge in [0.2, 0.25) is 0 Å². The van der Waals surface area contributed by atoms with Gasteiger partial charge in [0.25, 0.3) is 0 Å². The van der Waals surface area contributed by atoms with Crippen LogP contribution < -0.4 is 15.0 Å². The van der Waals surface area contributed by atoms with Crippen LogP contribution in [0.1, 0.15) is 71.6 Å². The predicted molar refractivity (Wildman–Crippen MR) is 139 cm³/mol. The molecule has 0 bridgehead atoms. The van der Waals surface area contributed by atoms with E-state index in [4.69, 9.17) is 9.47 Å². The van der Waals surface area contributed by atoms with Gasteiger partial charge in [0.15, 0.2) is 5.60 Å². The molecule has 5 nitrogen and oxygen atoms in total. The molecule has 0 aromatic heterocycles. The second-order valence-corrected chi connectivity index (χ2v) is 9.89. The summed E-state index contributed by atoms with van der Waals surface area (Å²) in [4.78, 5) is 15.5. The Balaban J connectivity index is 1.51. The van der Waals surface area contributed by atoms with Crippen molar-refractivity contribution >= 4 is 17.3 Å². The maximum atomic E-state index is 13.1. The van der Waals surface area contributed by atoms with Gasteiger partial charge in [0, 0.05) is 53.8 Å². The van der Waals surface area contributed by atoms with E-state index in [2.05, 4.69) is 54.4 Å². The number of hydrogen-bond donors (Lipinski definition) is 1. The Hall–Kier alpha value is -3.47. The van der Waals surface area contributed by atoms with Gasteiger partial charge >= 0.3 is 5.97 Å². The lowest BCUT2D eigenvalue weighted by molar-refractivity contribution is 0.0224. The molecule has 0 radical (unpaired) electrons. The minimum Gasteiger partial charge on any atom is -0.456 e. The smallest absolute Gasteiger partial charge is 0.340 e. The Labute approximate surface area is 207 Å². The number of nitrogens with one attached hydrogen (secondary N) is 1. The van der Waals surface area contributed by atoms with Crippen molar-refractivity contribution in [3.63, 3.8) is 0 Å². The van der Waals surface area contributed by atoms with E-state index in [1.807, 2.05) is 24.3 Å². The van der Waals surface area contributed by atoms with Crippen molar-refractivity contribution in [2.24, 2.45) is 0 Å². The topological polar surface area (TPSA) is 50.8 Å². The van der Waals surface area contributed by atoms with E-state index in [9.17, 15) is 4.79 Å². The number of rotatable bonds is 6. The van der Waals surface area contributed by atoms with E-state index < -0.39 is 5.60 Å². The highest BCUT2D eigenvalue weighted by Crippen LogP contribution is 2.57. The molecule has 0 amide bonds. The molecule has 1 saturated heterocycles. The van der Waals surface area contributed by atoms with Gasteiger partial charge in [-0.1, -0.05) is 38.0 Å². The zero-order chi connectivity index (χ0) is 24.0. The van der Waals surface area contributed by atoms with Crippen molar-refractivity contribution in [1.82, 2.24) is 0 Å². The maximum Gasteiger partial charge on any atom is 0.340 e. The van der Waals surface area contributed by atoms with Crippen LogP contribution >= 0.6 is 0 Å². The molecule has 1 spiro atoms. The van der Waals surface area contributed by atoms with Crippen molar-refractivity contribution in [2.75, 3.05) is 29.9 Å². The Kier molecular flexibility index (Phi) is 5.43. The molecule has 1 N–H and O–H groups in total. The molecule has 3 aromatic rings. The van der Waals surface area contributed by atoms with Crippen molar-refractivity contribution in [1.29, 1.82) is 0 Å². The summed E-state index contributed by atoms with van der Waals surface area (Å²) >= 11 is 0. The van der Waals surface area contributed by atoms with Gasteiger partial charge in [0.05, 0.1) is 5.56 Å². The monoisotopic (exact) mass is 468 g/mol. The zero-order valence-corrected chi connectivity index (χ0v) is 20.5. The van der Waals surface area contributed by atoms with Crippen LogP contribution in [0.2, 0.25) is 0 Å². The highest BCUT2D eigenvalue weighted by atomic mass is 16.6. The number of aryl methyl sites for hydroxylation is 1. The quantitative estimate of drug-likeness (QED) is 0.320. The minimum absolute atomic E-state index is 0.291. The number of anilines is 2. The molecule has 3 aliphatic heterocycles. The Bertz CT molecular complexity index is 1290. The molecule has 180 valence electrons. The molecule has 3 aromatic carbocycles. The molecule has 3 heterocycles. The highest BCUT2D eigenvalue weighted by molar-refractivity contribution is 5.97. The summed E-state index contributed by atoms with van der Waals surface area (Å²) in [7, 11) is 0. The molecule has 0 saturated carbocycles. The Morgan fingerprint density at radius 2 is 1.74 bits per heavy atom. The largest absolute Gasteiger partial charge is 0.456 e. The van der Waals surface area contributed by atoms with Gasteiger partial charge in [0.1, 0.15) is 11.5 Å². The van der Waals surface area contributed by atoms with Crippen LogP contribution in [0.5, 0.6) is 11.5 Å². The van der Waals surface area contributed by atoms with Crippen LogP contribution in [0.4, 0.5) is 11.4 Å². The second kappa shape index (κ2) is 8.63. The van der Waals surface area contributed by atoms with E-state index >= 15 is 0 Å². The lowest BCUT2D eigenvalue weighted by Crippen LogP contribution is -2.33. The number of esters is 1. The van der Waals surface area contributed by atoms with Gasteiger partial charge in [-0.15, -0.1) is 0 Å². The molecular weight excluding hydrogens is 436 g/mol. The van der Waals surface area contributed by atoms with Gasteiger partial charge in [-0.25, -0.2) is 4.79 Å². The lowest BCUT2D eigenvalue weighted by atomic mass is 9.77. The number of unbranched alkanes of at least 4 members (excludes halogenated alkanes) is 2. The normalized spacial score (nSPS) is 19.7. The molecular formula is C30H32N2O3. The number of nitrogens with zero attached hydrogens (tertiary/aromatic N) is 1. The van der Waals surface area contributed by atoms with E-state index in [-0.39, 0.29) is 5.97 Å². The number of carbonyl (C=O) groups is 1. The predicted octanol–water partition coefficient (Wildman–Crippen LogP) is 6.77. The van der Waals surface area contributed by atoms with E-state index in [0.717, 1.165) is 71.2 Å². The summed E-state index contributed by atoms with van der Waals surface area (Å²) < 4.78 is 12.9. The summed E-state index contributed by atoms with van der Waals surface area (Å²) in [6, 6.07) is 18.3. The van der Waals surface area contributed by atoms with Crippen molar-refractivity contribution in [3.05, 3.63) is 82.4 Å². The fourth-order valence-corrected chi connectivity index (χ4v) is 5.77. The van der Waals surface area contributed by atoms with Crippen LogP contribution in [-0.4, -0.2) is 25.6 Å². The first-order valence-electron chi connectivity index (χ1n) is 12.9. The standard InChI is InChI=1S/C30H32N2O3/c1-3-4-7-14-31-26-19-25-27(17-20(26)2)34-28-18-21(32-15-8-9-16-32)12-13-24(28)30(25)23-11-6-5-10-22(23)29(33)35-30/h5-6,10-13,17-19,31H,3-4,7-9,14-16H2,1-2H3. The van der Waals surface area contributed by atoms with Crippen LogP contribution in [0.15, 0.2) is 54.6 Å². The summed E-state index contributed by atoms with van der Waals surface area (Å²) in [6.45, 7) is 7.34. The summed E-state index contributed by atoms with van der Waals surface area (Å²) in [5, 5.41) is 3.61.